The van der Waals surface area contributed by atoms with E-state index in [1.54, 1.807) is 0 Å². The molecule has 1 unspecified atom stereocenters. The predicted octanol–water partition coefficient (Wildman–Crippen LogP) is -0.517. The fourth-order valence-electron chi connectivity index (χ4n) is 1.64. The second-order valence-corrected chi connectivity index (χ2v) is 3.59. The second-order valence-electron chi connectivity index (χ2n) is 3.59. The van der Waals surface area contributed by atoms with E-state index in [0.29, 0.717) is 24.8 Å². The van der Waals surface area contributed by atoms with E-state index >= 15 is 0 Å². The molecule has 1 saturated heterocycles. The quantitative estimate of drug-likeness (QED) is 0.730. The van der Waals surface area contributed by atoms with Gasteiger partial charge >= 0.3 is 0 Å². The first kappa shape index (κ1) is 12.4. The zero-order valence-corrected chi connectivity index (χ0v) is 9.24. The van der Waals surface area contributed by atoms with Crippen molar-refractivity contribution in [1.29, 1.82) is 0 Å². The Morgan fingerprint density at radius 1 is 1.53 bits per heavy atom. The van der Waals surface area contributed by atoms with Crippen LogP contribution in [0.1, 0.15) is 18.1 Å². The fraction of sp³-hybridized carbons (Fsp3) is 0.750. The summed E-state index contributed by atoms with van der Waals surface area (Å²) < 4.78 is 4.91. The van der Waals surface area contributed by atoms with Gasteiger partial charge in [0.25, 0.3) is 0 Å². The van der Waals surface area contributed by atoms with Crippen molar-refractivity contribution < 1.29 is 4.52 Å². The lowest BCUT2D eigenvalue weighted by Gasteiger charge is -2.11. The molecule has 7 heteroatoms. The highest BCUT2D eigenvalue weighted by molar-refractivity contribution is 5.85. The molecule has 2 heterocycles. The lowest BCUT2D eigenvalue weighted by atomic mass is 10.3. The van der Waals surface area contributed by atoms with E-state index in [1.807, 2.05) is 0 Å². The number of nitrogens with zero attached hydrogens (tertiary/aromatic N) is 3. The van der Waals surface area contributed by atoms with Crippen LogP contribution in [-0.2, 0) is 13.1 Å². The molecular weight excluding hydrogens is 218 g/mol. The number of hydrogen-bond donors (Lipinski definition) is 2. The summed E-state index contributed by atoms with van der Waals surface area (Å²) in [5.41, 5.74) is 11.1. The Balaban J connectivity index is 0.00000112. The van der Waals surface area contributed by atoms with Gasteiger partial charge in [-0.25, -0.2) is 0 Å². The first-order valence-electron chi connectivity index (χ1n) is 4.77. The van der Waals surface area contributed by atoms with Gasteiger partial charge in [0.2, 0.25) is 5.89 Å². The highest BCUT2D eigenvalue weighted by Crippen LogP contribution is 2.10. The zero-order chi connectivity index (χ0) is 9.97. The molecule has 2 rings (SSSR count). The first-order valence-corrected chi connectivity index (χ1v) is 4.77. The van der Waals surface area contributed by atoms with Crippen molar-refractivity contribution >= 4 is 12.4 Å². The number of hydrogen-bond acceptors (Lipinski definition) is 6. The molecule has 15 heavy (non-hydrogen) atoms. The van der Waals surface area contributed by atoms with E-state index in [9.17, 15) is 0 Å². The van der Waals surface area contributed by atoms with Crippen molar-refractivity contribution in [3.05, 3.63) is 11.7 Å². The maximum atomic E-state index is 5.78. The Kier molecular flexibility index (Phi) is 4.46. The van der Waals surface area contributed by atoms with E-state index < -0.39 is 0 Å². The summed E-state index contributed by atoms with van der Waals surface area (Å²) in [7, 11) is 0. The minimum absolute atomic E-state index is 0. The molecule has 1 fully saturated rings. The lowest BCUT2D eigenvalue weighted by molar-refractivity contribution is 0.306. The molecule has 0 amide bonds. The highest BCUT2D eigenvalue weighted by atomic mass is 35.5. The molecule has 0 aromatic carbocycles. The maximum Gasteiger partial charge on any atom is 0.240 e. The molecule has 1 aliphatic rings. The fourth-order valence-corrected chi connectivity index (χ4v) is 1.64. The average Bonchev–Trinajstić information content (AvgIpc) is 2.76. The second kappa shape index (κ2) is 5.41. The number of aromatic nitrogens is 2. The first-order chi connectivity index (χ1) is 6.78. The number of halogens is 1. The van der Waals surface area contributed by atoms with E-state index in [4.69, 9.17) is 16.0 Å². The highest BCUT2D eigenvalue weighted by Gasteiger charge is 2.20. The molecule has 86 valence electrons. The molecule has 1 aliphatic heterocycles. The van der Waals surface area contributed by atoms with Gasteiger partial charge in [-0.05, 0) is 6.42 Å². The topological polar surface area (TPSA) is 94.2 Å². The number of nitrogens with two attached hydrogens (primary N) is 2. The molecule has 1 aromatic rings. The van der Waals surface area contributed by atoms with Crippen molar-refractivity contribution in [2.75, 3.05) is 13.1 Å². The zero-order valence-electron chi connectivity index (χ0n) is 8.43. The molecule has 0 spiro atoms. The van der Waals surface area contributed by atoms with Crippen LogP contribution in [0, 0.1) is 0 Å². The maximum absolute atomic E-state index is 5.78. The Hall–Kier alpha value is -0.690. The van der Waals surface area contributed by atoms with Crippen molar-refractivity contribution in [1.82, 2.24) is 15.0 Å². The standard InChI is InChI=1S/C8H15N5O.ClH/c9-3-8-11-7(12-14-8)5-13-2-1-6(10)4-13;/h6H,1-5,9-10H2;1H. The lowest BCUT2D eigenvalue weighted by Crippen LogP contribution is -2.26. The van der Waals surface area contributed by atoms with Gasteiger partial charge in [0, 0.05) is 19.1 Å². The van der Waals surface area contributed by atoms with Gasteiger partial charge in [-0.2, -0.15) is 4.98 Å². The molecule has 1 aromatic heterocycles. The third-order valence-corrected chi connectivity index (χ3v) is 2.36. The summed E-state index contributed by atoms with van der Waals surface area (Å²) in [6.07, 6.45) is 1.04. The molecule has 0 saturated carbocycles. The number of rotatable bonds is 3. The van der Waals surface area contributed by atoms with Gasteiger partial charge in [0.05, 0.1) is 13.1 Å². The molecule has 0 radical (unpaired) electrons. The van der Waals surface area contributed by atoms with E-state index in [0.717, 1.165) is 19.5 Å². The Labute approximate surface area is 94.4 Å². The van der Waals surface area contributed by atoms with E-state index in [-0.39, 0.29) is 18.4 Å². The van der Waals surface area contributed by atoms with Crippen LogP contribution in [0.4, 0.5) is 0 Å². The van der Waals surface area contributed by atoms with Gasteiger partial charge in [-0.3, -0.25) is 4.90 Å². The van der Waals surface area contributed by atoms with Gasteiger partial charge in [0.1, 0.15) is 0 Å². The van der Waals surface area contributed by atoms with Crippen LogP contribution in [0.25, 0.3) is 0 Å². The smallest absolute Gasteiger partial charge is 0.240 e. The van der Waals surface area contributed by atoms with Crippen LogP contribution in [0.15, 0.2) is 4.52 Å². The van der Waals surface area contributed by atoms with E-state index in [2.05, 4.69) is 15.0 Å². The molecule has 0 bridgehead atoms. The summed E-state index contributed by atoms with van der Waals surface area (Å²) in [6.45, 7) is 2.92. The molecule has 0 aliphatic carbocycles. The average molecular weight is 234 g/mol. The van der Waals surface area contributed by atoms with Crippen LogP contribution >= 0.6 is 12.4 Å². The Morgan fingerprint density at radius 2 is 2.33 bits per heavy atom. The molecular formula is C8H16ClN5O. The van der Waals surface area contributed by atoms with Crippen molar-refractivity contribution in [3.8, 4) is 0 Å². The van der Waals surface area contributed by atoms with Crippen LogP contribution in [0.2, 0.25) is 0 Å². The predicted molar refractivity (Wildman–Crippen MR) is 57.3 cm³/mol. The van der Waals surface area contributed by atoms with E-state index in [1.165, 1.54) is 0 Å². The summed E-state index contributed by atoms with van der Waals surface area (Å²) >= 11 is 0. The summed E-state index contributed by atoms with van der Waals surface area (Å²) in [5, 5.41) is 3.83. The van der Waals surface area contributed by atoms with Crippen LogP contribution in [0.3, 0.4) is 0 Å². The third-order valence-electron chi connectivity index (χ3n) is 2.36. The Bertz CT molecular complexity index is 305. The van der Waals surface area contributed by atoms with Crippen molar-refractivity contribution in [2.45, 2.75) is 25.6 Å². The molecule has 6 nitrogen and oxygen atoms in total. The summed E-state index contributed by atoms with van der Waals surface area (Å²) in [5.74, 6) is 1.18. The Morgan fingerprint density at radius 3 is 2.87 bits per heavy atom. The van der Waals surface area contributed by atoms with Crippen molar-refractivity contribution in [3.63, 3.8) is 0 Å². The summed E-state index contributed by atoms with van der Waals surface area (Å²) in [4.78, 5) is 6.35. The van der Waals surface area contributed by atoms with Gasteiger partial charge in [-0.15, -0.1) is 12.4 Å². The van der Waals surface area contributed by atoms with Crippen LogP contribution in [0.5, 0.6) is 0 Å². The van der Waals surface area contributed by atoms with Crippen LogP contribution in [-0.4, -0.2) is 34.2 Å². The monoisotopic (exact) mass is 233 g/mol. The van der Waals surface area contributed by atoms with Gasteiger partial charge in [-0.1, -0.05) is 5.16 Å². The normalized spacial score (nSPS) is 21.6. The van der Waals surface area contributed by atoms with Crippen LogP contribution < -0.4 is 11.5 Å². The summed E-state index contributed by atoms with van der Waals surface area (Å²) in [6, 6.07) is 0.288. The SMILES string of the molecule is Cl.NCc1nc(CN2CCC(N)C2)no1. The largest absolute Gasteiger partial charge is 0.338 e. The van der Waals surface area contributed by atoms with Crippen molar-refractivity contribution in [2.24, 2.45) is 11.5 Å². The number of likely N-dealkylation sites (tertiary alicyclic amines) is 1. The minimum Gasteiger partial charge on any atom is -0.338 e. The third kappa shape index (κ3) is 3.13. The van der Waals surface area contributed by atoms with Gasteiger partial charge < -0.3 is 16.0 Å². The molecule has 1 atom stereocenters. The molecule has 4 N–H and O–H groups in total. The minimum atomic E-state index is 0. The van der Waals surface area contributed by atoms with Gasteiger partial charge in [0.15, 0.2) is 5.82 Å².